The molecule has 66 valence electrons. The number of nitrogens with zero attached hydrogens (tertiary/aromatic N) is 4. The van der Waals surface area contributed by atoms with E-state index < -0.39 is 5.85 Å². The smallest absolute Gasteiger partial charge is 0.322 e. The molecule has 1 heterocycles. The van der Waals surface area contributed by atoms with E-state index in [0.29, 0.717) is 5.56 Å². The van der Waals surface area contributed by atoms with Crippen molar-refractivity contribution in [2.75, 3.05) is 0 Å². The highest BCUT2D eigenvalue weighted by Crippen LogP contribution is 2.30. The molecule has 0 aliphatic carbocycles. The molecule has 1 aromatic carbocycles. The minimum Gasteiger partial charge on any atom is -0.345 e. The van der Waals surface area contributed by atoms with Gasteiger partial charge in [0, 0.05) is 5.56 Å². The first-order valence-corrected chi connectivity index (χ1v) is 3.85. The second-order valence-corrected chi connectivity index (χ2v) is 2.83. The molecule has 5 nitrogen and oxygen atoms in total. The van der Waals surface area contributed by atoms with Crippen LogP contribution in [0.25, 0.3) is 0 Å². The Morgan fingerprint density at radius 3 is 2.38 bits per heavy atom. The monoisotopic (exact) mass is 176 g/mol. The fraction of sp³-hybridized carbons (Fsp3) is 0.250. The Kier molecular flexibility index (Phi) is 1.66. The zero-order valence-electron chi connectivity index (χ0n) is 7.05. The molecule has 13 heavy (non-hydrogen) atoms. The SMILES string of the molecule is Cc1ccccc1C1(O)N=NN=N1. The first-order chi connectivity index (χ1) is 6.22. The number of rotatable bonds is 1. The van der Waals surface area contributed by atoms with E-state index in [4.69, 9.17) is 0 Å². The summed E-state index contributed by atoms with van der Waals surface area (Å²) in [6.07, 6.45) is 0. The van der Waals surface area contributed by atoms with Crippen LogP contribution in [0.15, 0.2) is 44.9 Å². The van der Waals surface area contributed by atoms with E-state index in [2.05, 4.69) is 20.7 Å². The van der Waals surface area contributed by atoms with Gasteiger partial charge in [-0.1, -0.05) is 24.3 Å². The van der Waals surface area contributed by atoms with Crippen molar-refractivity contribution in [1.82, 2.24) is 0 Å². The van der Waals surface area contributed by atoms with Gasteiger partial charge >= 0.3 is 5.85 Å². The maximum absolute atomic E-state index is 9.82. The van der Waals surface area contributed by atoms with Crippen molar-refractivity contribution in [2.45, 2.75) is 12.8 Å². The molecule has 1 aliphatic rings. The third kappa shape index (κ3) is 1.23. The summed E-state index contributed by atoms with van der Waals surface area (Å²) < 4.78 is 0. The van der Waals surface area contributed by atoms with Crippen molar-refractivity contribution < 1.29 is 5.11 Å². The Morgan fingerprint density at radius 1 is 1.15 bits per heavy atom. The Balaban J connectivity index is 2.52. The van der Waals surface area contributed by atoms with E-state index in [1.807, 2.05) is 25.1 Å². The fourth-order valence-electron chi connectivity index (χ4n) is 1.24. The second kappa shape index (κ2) is 2.70. The van der Waals surface area contributed by atoms with E-state index in [1.165, 1.54) is 0 Å². The first kappa shape index (κ1) is 8.00. The lowest BCUT2D eigenvalue weighted by molar-refractivity contribution is 0.0524. The van der Waals surface area contributed by atoms with Crippen molar-refractivity contribution in [3.05, 3.63) is 35.4 Å². The molecule has 1 N–H and O–H groups in total. The predicted octanol–water partition coefficient (Wildman–Crippen LogP) is 1.93. The normalized spacial score (nSPS) is 18.0. The van der Waals surface area contributed by atoms with Gasteiger partial charge in [-0.05, 0) is 22.9 Å². The summed E-state index contributed by atoms with van der Waals surface area (Å²) in [5, 5.41) is 23.5. The van der Waals surface area contributed by atoms with Crippen LogP contribution >= 0.6 is 0 Å². The molecule has 1 aliphatic heterocycles. The molecule has 0 radical (unpaired) electrons. The molecule has 5 heteroatoms. The van der Waals surface area contributed by atoms with E-state index in [-0.39, 0.29) is 0 Å². The van der Waals surface area contributed by atoms with Gasteiger partial charge in [0.05, 0.1) is 0 Å². The average Bonchev–Trinajstić information content (AvgIpc) is 2.54. The molecular weight excluding hydrogens is 168 g/mol. The van der Waals surface area contributed by atoms with Crippen molar-refractivity contribution in [3.8, 4) is 0 Å². The Bertz CT molecular complexity index is 373. The first-order valence-electron chi connectivity index (χ1n) is 3.85. The third-order valence-corrected chi connectivity index (χ3v) is 1.91. The molecule has 0 fully saturated rings. The number of hydrogen-bond acceptors (Lipinski definition) is 5. The second-order valence-electron chi connectivity index (χ2n) is 2.83. The highest BCUT2D eigenvalue weighted by molar-refractivity contribution is 5.30. The molecule has 0 saturated carbocycles. The summed E-state index contributed by atoms with van der Waals surface area (Å²) in [4.78, 5) is 0. The van der Waals surface area contributed by atoms with Crippen LogP contribution in [0.1, 0.15) is 11.1 Å². The lowest BCUT2D eigenvalue weighted by Gasteiger charge is -2.14. The minimum absolute atomic E-state index is 0.611. The largest absolute Gasteiger partial charge is 0.345 e. The average molecular weight is 176 g/mol. The summed E-state index contributed by atoms with van der Waals surface area (Å²) >= 11 is 0. The van der Waals surface area contributed by atoms with Gasteiger partial charge in [0.25, 0.3) is 0 Å². The number of aliphatic hydroxyl groups is 1. The van der Waals surface area contributed by atoms with Crippen LogP contribution in [0.4, 0.5) is 0 Å². The third-order valence-electron chi connectivity index (χ3n) is 1.91. The molecule has 0 spiro atoms. The molecule has 1 aromatic rings. The molecule has 0 atom stereocenters. The standard InChI is InChI=1S/C8H8N4O/c1-6-4-2-3-5-7(6)8(13)9-11-12-10-8/h2-5,13H,1H3. The fourth-order valence-corrected chi connectivity index (χ4v) is 1.24. The maximum atomic E-state index is 9.82. The van der Waals surface area contributed by atoms with Crippen molar-refractivity contribution in [2.24, 2.45) is 20.7 Å². The summed E-state index contributed by atoms with van der Waals surface area (Å²) in [7, 11) is 0. The minimum atomic E-state index is -1.61. The van der Waals surface area contributed by atoms with Crippen LogP contribution in [0, 0.1) is 6.92 Å². The van der Waals surface area contributed by atoms with Gasteiger partial charge in [0.15, 0.2) is 0 Å². The highest BCUT2D eigenvalue weighted by Gasteiger charge is 2.33. The van der Waals surface area contributed by atoms with Gasteiger partial charge < -0.3 is 5.11 Å². The highest BCUT2D eigenvalue weighted by atomic mass is 16.3. The zero-order chi connectivity index (χ0) is 9.31. The van der Waals surface area contributed by atoms with E-state index in [1.54, 1.807) is 6.07 Å². The van der Waals surface area contributed by atoms with Gasteiger partial charge in [0.2, 0.25) is 0 Å². The van der Waals surface area contributed by atoms with Gasteiger partial charge in [-0.25, -0.2) is 0 Å². The maximum Gasteiger partial charge on any atom is 0.322 e. The van der Waals surface area contributed by atoms with Crippen molar-refractivity contribution >= 4 is 0 Å². The molecule has 2 rings (SSSR count). The molecule has 0 saturated heterocycles. The Labute approximate surface area is 74.8 Å². The summed E-state index contributed by atoms with van der Waals surface area (Å²) in [6.45, 7) is 1.87. The van der Waals surface area contributed by atoms with Gasteiger partial charge in [-0.2, -0.15) is 0 Å². The lowest BCUT2D eigenvalue weighted by atomic mass is 10.1. The molecule has 0 bridgehead atoms. The van der Waals surface area contributed by atoms with E-state index in [0.717, 1.165) is 5.56 Å². The van der Waals surface area contributed by atoms with Crippen LogP contribution in [-0.2, 0) is 5.85 Å². The molecule has 0 aromatic heterocycles. The number of hydrogen-bond donors (Lipinski definition) is 1. The number of benzene rings is 1. The molecular formula is C8H8N4O. The van der Waals surface area contributed by atoms with Crippen molar-refractivity contribution in [1.29, 1.82) is 0 Å². The van der Waals surface area contributed by atoms with Crippen LogP contribution in [0.3, 0.4) is 0 Å². The lowest BCUT2D eigenvalue weighted by Crippen LogP contribution is -2.18. The summed E-state index contributed by atoms with van der Waals surface area (Å²) in [6, 6.07) is 7.31. The quantitative estimate of drug-likeness (QED) is 0.697. The van der Waals surface area contributed by atoms with Crippen molar-refractivity contribution in [3.63, 3.8) is 0 Å². The van der Waals surface area contributed by atoms with Gasteiger partial charge in [0.1, 0.15) is 0 Å². The van der Waals surface area contributed by atoms with Crippen LogP contribution in [0.5, 0.6) is 0 Å². The molecule has 0 amide bonds. The number of aryl methyl sites for hydroxylation is 1. The van der Waals surface area contributed by atoms with Gasteiger partial charge in [-0.15, -0.1) is 10.2 Å². The van der Waals surface area contributed by atoms with E-state index >= 15 is 0 Å². The van der Waals surface area contributed by atoms with Crippen LogP contribution in [0.2, 0.25) is 0 Å². The molecule has 0 unspecified atom stereocenters. The summed E-state index contributed by atoms with van der Waals surface area (Å²) in [5.41, 5.74) is 1.52. The van der Waals surface area contributed by atoms with E-state index in [9.17, 15) is 5.11 Å². The van der Waals surface area contributed by atoms with Gasteiger partial charge in [-0.3, -0.25) is 0 Å². The summed E-state index contributed by atoms with van der Waals surface area (Å²) in [5.74, 6) is -1.61. The topological polar surface area (TPSA) is 69.7 Å². The van der Waals surface area contributed by atoms with Crippen LogP contribution in [-0.4, -0.2) is 5.11 Å². The Morgan fingerprint density at radius 2 is 1.77 bits per heavy atom. The van der Waals surface area contributed by atoms with Crippen LogP contribution < -0.4 is 0 Å². The Hall–Kier alpha value is -1.62. The predicted molar refractivity (Wildman–Crippen MR) is 44.8 cm³/mol. The zero-order valence-corrected chi connectivity index (χ0v) is 7.05.